The highest BCUT2D eigenvalue weighted by atomic mass is 16.5. The van der Waals surface area contributed by atoms with Gasteiger partial charge in [-0.05, 0) is 18.2 Å². The summed E-state index contributed by atoms with van der Waals surface area (Å²) >= 11 is 0. The number of aliphatic hydroxyl groups is 1. The summed E-state index contributed by atoms with van der Waals surface area (Å²) in [5.41, 5.74) is 0.785. The third kappa shape index (κ3) is 1.45. The summed E-state index contributed by atoms with van der Waals surface area (Å²) in [5.74, 6) is 1.17. The minimum Gasteiger partial charge on any atom is -0.512 e. The van der Waals surface area contributed by atoms with Crippen LogP contribution in [0.25, 0.3) is 16.7 Å². The van der Waals surface area contributed by atoms with Crippen LogP contribution in [0.5, 0.6) is 5.75 Å². The quantitative estimate of drug-likeness (QED) is 0.790. The van der Waals surface area contributed by atoms with E-state index < -0.39 is 0 Å². The van der Waals surface area contributed by atoms with Crippen LogP contribution in [0.1, 0.15) is 6.42 Å². The first kappa shape index (κ1) is 10.1. The van der Waals surface area contributed by atoms with E-state index in [4.69, 9.17) is 4.74 Å². The molecule has 4 heteroatoms. The maximum Gasteiger partial charge on any atom is 0.129 e. The second-order valence-corrected chi connectivity index (χ2v) is 3.95. The van der Waals surface area contributed by atoms with Crippen molar-refractivity contribution in [2.24, 2.45) is 4.99 Å². The first-order chi connectivity index (χ1) is 8.31. The lowest BCUT2D eigenvalue weighted by atomic mass is 10.1. The van der Waals surface area contributed by atoms with Gasteiger partial charge in [-0.1, -0.05) is 0 Å². The maximum absolute atomic E-state index is 9.84. The van der Waals surface area contributed by atoms with E-state index in [9.17, 15) is 5.11 Å². The van der Waals surface area contributed by atoms with Crippen LogP contribution in [0.2, 0.25) is 0 Å². The van der Waals surface area contributed by atoms with E-state index in [1.165, 1.54) is 0 Å². The number of hydrogen-bond donors (Lipinski definition) is 1. The van der Waals surface area contributed by atoms with E-state index in [1.54, 1.807) is 13.3 Å². The van der Waals surface area contributed by atoms with E-state index in [1.807, 2.05) is 18.2 Å². The number of fused-ring (bicyclic) bond motifs is 3. The van der Waals surface area contributed by atoms with E-state index in [2.05, 4.69) is 9.98 Å². The van der Waals surface area contributed by atoms with Crippen LogP contribution in [0.3, 0.4) is 0 Å². The Hall–Kier alpha value is -2.10. The van der Waals surface area contributed by atoms with Crippen molar-refractivity contribution in [3.8, 4) is 5.75 Å². The van der Waals surface area contributed by atoms with Crippen LogP contribution in [-0.2, 0) is 0 Å². The van der Waals surface area contributed by atoms with Gasteiger partial charge in [0.05, 0.1) is 18.0 Å². The molecule has 2 aromatic rings. The Morgan fingerprint density at radius 1 is 1.29 bits per heavy atom. The topological polar surface area (TPSA) is 54.7 Å². The lowest BCUT2D eigenvalue weighted by Crippen LogP contribution is -2.32. The van der Waals surface area contributed by atoms with Crippen molar-refractivity contribution in [3.63, 3.8) is 0 Å². The Labute approximate surface area is 97.9 Å². The Morgan fingerprint density at radius 3 is 3.00 bits per heavy atom. The number of aliphatic hydroxyl groups excluding tert-OH is 1. The Morgan fingerprint density at radius 2 is 2.18 bits per heavy atom. The molecule has 1 aromatic heterocycles. The van der Waals surface area contributed by atoms with Gasteiger partial charge in [0.1, 0.15) is 11.5 Å². The fourth-order valence-corrected chi connectivity index (χ4v) is 2.16. The molecule has 0 aliphatic carbocycles. The minimum absolute atomic E-state index is 0.390. The van der Waals surface area contributed by atoms with Gasteiger partial charge >= 0.3 is 0 Å². The summed E-state index contributed by atoms with van der Waals surface area (Å²) in [4.78, 5) is 8.79. The van der Waals surface area contributed by atoms with Crippen molar-refractivity contribution in [1.29, 1.82) is 0 Å². The zero-order chi connectivity index (χ0) is 11.8. The van der Waals surface area contributed by atoms with E-state index in [0.29, 0.717) is 18.7 Å². The van der Waals surface area contributed by atoms with Crippen molar-refractivity contribution in [2.75, 3.05) is 13.7 Å². The second-order valence-electron chi connectivity index (χ2n) is 3.95. The standard InChI is InChI=1S/C13H12N2O2/c1-17-11-5-7-15-13-9(11)3-2-8-10(16)4-6-14-12(8)13/h2-3,5,7,16H,4,6H2,1H3. The second kappa shape index (κ2) is 3.73. The van der Waals surface area contributed by atoms with Gasteiger partial charge in [0.2, 0.25) is 0 Å². The molecule has 0 amide bonds. The van der Waals surface area contributed by atoms with Crippen LogP contribution in [0.4, 0.5) is 0 Å². The van der Waals surface area contributed by atoms with Crippen molar-refractivity contribution in [1.82, 2.24) is 4.98 Å². The monoisotopic (exact) mass is 228 g/mol. The first-order valence-electron chi connectivity index (χ1n) is 5.49. The number of aromatic nitrogens is 1. The molecule has 0 fully saturated rings. The third-order valence-corrected chi connectivity index (χ3v) is 3.00. The Kier molecular flexibility index (Phi) is 2.21. The normalized spacial score (nSPS) is 14.3. The summed E-state index contributed by atoms with van der Waals surface area (Å²) in [6, 6.07) is 5.61. The molecule has 0 bridgehead atoms. The van der Waals surface area contributed by atoms with Gasteiger partial charge < -0.3 is 9.84 Å². The highest BCUT2D eigenvalue weighted by molar-refractivity contribution is 5.84. The molecule has 0 atom stereocenters. The number of benzene rings is 1. The number of hydrogen-bond acceptors (Lipinski definition) is 4. The predicted molar refractivity (Wildman–Crippen MR) is 64.6 cm³/mol. The molecule has 17 heavy (non-hydrogen) atoms. The van der Waals surface area contributed by atoms with Gasteiger partial charge in [0.15, 0.2) is 0 Å². The number of rotatable bonds is 1. The fourth-order valence-electron chi connectivity index (χ4n) is 2.16. The van der Waals surface area contributed by atoms with Crippen LogP contribution < -0.4 is 15.3 Å². The van der Waals surface area contributed by atoms with E-state index in [0.717, 1.165) is 27.2 Å². The molecule has 0 saturated carbocycles. The summed E-state index contributed by atoms with van der Waals surface area (Å²) in [5, 5.41) is 12.3. The van der Waals surface area contributed by atoms with Crippen molar-refractivity contribution < 1.29 is 9.84 Å². The van der Waals surface area contributed by atoms with Crippen molar-refractivity contribution in [2.45, 2.75) is 6.42 Å². The van der Waals surface area contributed by atoms with Crippen LogP contribution in [0, 0.1) is 0 Å². The number of methoxy groups -OCH3 is 1. The number of nitrogens with zero attached hydrogens (tertiary/aromatic N) is 2. The average Bonchev–Trinajstić information content (AvgIpc) is 2.38. The molecule has 1 aliphatic heterocycles. The fraction of sp³-hybridized carbons (Fsp3) is 0.231. The van der Waals surface area contributed by atoms with Gasteiger partial charge in [-0.25, -0.2) is 0 Å². The maximum atomic E-state index is 9.84. The molecule has 0 saturated heterocycles. The minimum atomic E-state index is 0.390. The zero-order valence-corrected chi connectivity index (χ0v) is 9.47. The summed E-state index contributed by atoms with van der Waals surface area (Å²) in [6.07, 6.45) is 2.30. The molecule has 86 valence electrons. The largest absolute Gasteiger partial charge is 0.512 e. The van der Waals surface area contributed by atoms with E-state index >= 15 is 0 Å². The smallest absolute Gasteiger partial charge is 0.129 e. The summed E-state index contributed by atoms with van der Waals surface area (Å²) in [6.45, 7) is 0.608. The van der Waals surface area contributed by atoms with Gasteiger partial charge in [0.25, 0.3) is 0 Å². The van der Waals surface area contributed by atoms with Gasteiger partial charge in [-0.3, -0.25) is 9.98 Å². The molecule has 0 spiro atoms. The van der Waals surface area contributed by atoms with Crippen molar-refractivity contribution >= 4 is 16.7 Å². The van der Waals surface area contributed by atoms with Crippen LogP contribution in [-0.4, -0.2) is 23.7 Å². The highest BCUT2D eigenvalue weighted by Gasteiger charge is 2.09. The molecule has 1 aliphatic rings. The predicted octanol–water partition coefficient (Wildman–Crippen LogP) is 0.933. The lowest BCUT2D eigenvalue weighted by Gasteiger charge is -2.08. The van der Waals surface area contributed by atoms with Gasteiger partial charge in [-0.15, -0.1) is 0 Å². The van der Waals surface area contributed by atoms with Crippen LogP contribution in [0.15, 0.2) is 29.4 Å². The average molecular weight is 228 g/mol. The highest BCUT2D eigenvalue weighted by Crippen LogP contribution is 2.20. The number of pyridine rings is 1. The summed E-state index contributed by atoms with van der Waals surface area (Å²) in [7, 11) is 1.63. The molecule has 3 rings (SSSR count). The molecule has 4 nitrogen and oxygen atoms in total. The molecule has 0 unspecified atom stereocenters. The molecule has 0 radical (unpaired) electrons. The first-order valence-corrected chi connectivity index (χ1v) is 5.49. The molecular weight excluding hydrogens is 216 g/mol. The third-order valence-electron chi connectivity index (χ3n) is 3.00. The Bertz CT molecular complexity index is 707. The Balaban J connectivity index is 2.53. The molecular formula is C13H12N2O2. The zero-order valence-electron chi connectivity index (χ0n) is 9.47. The van der Waals surface area contributed by atoms with Gasteiger partial charge in [-0.2, -0.15) is 0 Å². The van der Waals surface area contributed by atoms with Crippen molar-refractivity contribution in [3.05, 3.63) is 35.0 Å². The molecule has 1 aromatic carbocycles. The SMILES string of the molecule is COc1ccnc2c3c(ccc12)=C(O)CCN=3. The van der Waals surface area contributed by atoms with Crippen LogP contribution >= 0.6 is 0 Å². The summed E-state index contributed by atoms with van der Waals surface area (Å²) < 4.78 is 5.29. The molecule has 1 N–H and O–H groups in total. The number of ether oxygens (including phenoxy) is 1. The molecule has 2 heterocycles. The van der Waals surface area contributed by atoms with Gasteiger partial charge in [0, 0.05) is 29.8 Å². The van der Waals surface area contributed by atoms with E-state index in [-0.39, 0.29) is 0 Å². The lowest BCUT2D eigenvalue weighted by molar-refractivity contribution is 0.419.